The van der Waals surface area contributed by atoms with Crippen LogP contribution in [0.1, 0.15) is 35.4 Å². The fraction of sp³-hybridized carbons (Fsp3) is 0.364. The Morgan fingerprint density at radius 3 is 3.03 bits per heavy atom. The van der Waals surface area contributed by atoms with Crippen molar-refractivity contribution in [1.82, 2.24) is 20.0 Å². The second-order valence-electron chi connectivity index (χ2n) is 7.40. The number of nitrogens with zero attached hydrogens (tertiary/aromatic N) is 4. The molecule has 1 aliphatic rings. The number of amides is 1. The maximum atomic E-state index is 14.0. The van der Waals surface area contributed by atoms with Gasteiger partial charge < -0.3 is 14.2 Å². The Kier molecular flexibility index (Phi) is 6.02. The number of piperidine rings is 1. The van der Waals surface area contributed by atoms with E-state index in [0.717, 1.165) is 24.8 Å². The molecule has 1 atom stereocenters. The molecule has 7 nitrogen and oxygen atoms in total. The number of carbonyl (C=O) groups excluding carboxylic acids is 1. The van der Waals surface area contributed by atoms with E-state index in [1.807, 2.05) is 12.1 Å². The Morgan fingerprint density at radius 1 is 1.37 bits per heavy atom. The van der Waals surface area contributed by atoms with Crippen LogP contribution in [0.3, 0.4) is 0 Å². The van der Waals surface area contributed by atoms with Crippen LogP contribution in [-0.4, -0.2) is 46.1 Å². The molecule has 0 spiro atoms. The molecular formula is C22H23FN4O3. The predicted octanol–water partition coefficient (Wildman–Crippen LogP) is 3.76. The van der Waals surface area contributed by atoms with Crippen molar-refractivity contribution >= 4 is 5.91 Å². The van der Waals surface area contributed by atoms with Crippen molar-refractivity contribution < 1.29 is 18.4 Å². The van der Waals surface area contributed by atoms with Gasteiger partial charge in [-0.15, -0.1) is 0 Å². The van der Waals surface area contributed by atoms with Crippen molar-refractivity contribution in [2.45, 2.75) is 25.7 Å². The molecule has 0 saturated carbocycles. The zero-order chi connectivity index (χ0) is 20.9. The van der Waals surface area contributed by atoms with Gasteiger partial charge in [-0.25, -0.2) is 4.39 Å². The lowest BCUT2D eigenvalue weighted by atomic mass is 9.93. The number of halogens is 1. The van der Waals surface area contributed by atoms with E-state index in [4.69, 9.17) is 9.26 Å². The number of pyridine rings is 1. The molecule has 3 aromatic rings. The van der Waals surface area contributed by atoms with Gasteiger partial charge in [0.25, 0.3) is 11.8 Å². The second-order valence-corrected chi connectivity index (χ2v) is 7.40. The van der Waals surface area contributed by atoms with E-state index >= 15 is 0 Å². The third-order valence-electron chi connectivity index (χ3n) is 5.36. The molecule has 2 aromatic heterocycles. The Morgan fingerprint density at radius 2 is 2.27 bits per heavy atom. The first-order chi connectivity index (χ1) is 14.6. The van der Waals surface area contributed by atoms with Crippen molar-refractivity contribution in [2.24, 2.45) is 5.92 Å². The van der Waals surface area contributed by atoms with Crippen LogP contribution < -0.4 is 4.74 Å². The molecular weight excluding hydrogens is 387 g/mol. The molecule has 1 saturated heterocycles. The summed E-state index contributed by atoms with van der Waals surface area (Å²) < 4.78 is 24.2. The summed E-state index contributed by atoms with van der Waals surface area (Å²) in [4.78, 5) is 23.1. The van der Waals surface area contributed by atoms with Crippen LogP contribution in [0.25, 0.3) is 11.5 Å². The van der Waals surface area contributed by atoms with Gasteiger partial charge in [-0.1, -0.05) is 5.16 Å². The normalized spacial score (nSPS) is 16.5. The SMILES string of the molecule is COc1ccc(C(=O)N2CCCC(CCc3noc(-c4cccnc4)n3)C2)cc1F. The van der Waals surface area contributed by atoms with Crippen molar-refractivity contribution in [3.8, 4) is 17.2 Å². The average molecular weight is 410 g/mol. The summed E-state index contributed by atoms with van der Waals surface area (Å²) in [5.41, 5.74) is 1.13. The summed E-state index contributed by atoms with van der Waals surface area (Å²) in [5.74, 6) is 0.896. The zero-order valence-electron chi connectivity index (χ0n) is 16.8. The number of hydrogen-bond donors (Lipinski definition) is 0. The largest absolute Gasteiger partial charge is 0.494 e. The van der Waals surface area contributed by atoms with Crippen LogP contribution in [0.2, 0.25) is 0 Å². The van der Waals surface area contributed by atoms with E-state index in [2.05, 4.69) is 15.1 Å². The Labute approximate surface area is 173 Å². The second kappa shape index (κ2) is 9.02. The molecule has 156 valence electrons. The molecule has 1 unspecified atom stereocenters. The summed E-state index contributed by atoms with van der Waals surface area (Å²) in [7, 11) is 1.40. The maximum absolute atomic E-state index is 14.0. The van der Waals surface area contributed by atoms with Crippen LogP contribution in [-0.2, 0) is 6.42 Å². The first kappa shape index (κ1) is 20.0. The van der Waals surface area contributed by atoms with Crippen LogP contribution in [0.4, 0.5) is 4.39 Å². The Bertz CT molecular complexity index is 1010. The molecule has 3 heterocycles. The number of likely N-dealkylation sites (tertiary alicyclic amines) is 1. The van der Waals surface area contributed by atoms with Gasteiger partial charge in [-0.05, 0) is 55.5 Å². The molecule has 0 N–H and O–H groups in total. The van der Waals surface area contributed by atoms with Crippen molar-refractivity contribution in [2.75, 3.05) is 20.2 Å². The molecule has 1 aliphatic heterocycles. The summed E-state index contributed by atoms with van der Waals surface area (Å²) in [5, 5.41) is 4.06. The van der Waals surface area contributed by atoms with Gasteiger partial charge in [0, 0.05) is 37.5 Å². The van der Waals surface area contributed by atoms with Crippen LogP contribution in [0.15, 0.2) is 47.2 Å². The minimum Gasteiger partial charge on any atom is -0.494 e. The molecule has 30 heavy (non-hydrogen) atoms. The highest BCUT2D eigenvalue weighted by atomic mass is 19.1. The lowest BCUT2D eigenvalue weighted by molar-refractivity contribution is 0.0667. The third-order valence-corrected chi connectivity index (χ3v) is 5.36. The van der Waals surface area contributed by atoms with Gasteiger partial charge in [-0.3, -0.25) is 9.78 Å². The van der Waals surface area contributed by atoms with Crippen molar-refractivity contribution in [3.63, 3.8) is 0 Å². The topological polar surface area (TPSA) is 81.4 Å². The molecule has 0 bridgehead atoms. The van der Waals surface area contributed by atoms with Crippen LogP contribution in [0, 0.1) is 11.7 Å². The predicted molar refractivity (Wildman–Crippen MR) is 107 cm³/mol. The first-order valence-electron chi connectivity index (χ1n) is 10.00. The van der Waals surface area contributed by atoms with Gasteiger partial charge in [0.15, 0.2) is 17.4 Å². The van der Waals surface area contributed by atoms with E-state index in [-0.39, 0.29) is 11.7 Å². The standard InChI is InChI=1S/C22H23FN4O3/c1-29-19-8-7-16(12-18(19)23)22(28)27-11-3-4-15(14-27)6-9-20-25-21(30-26-20)17-5-2-10-24-13-17/h2,5,7-8,10,12-13,15H,3-4,6,9,11,14H2,1H3. The number of hydrogen-bond acceptors (Lipinski definition) is 6. The molecule has 0 radical (unpaired) electrons. The number of carbonyl (C=O) groups is 1. The quantitative estimate of drug-likeness (QED) is 0.615. The fourth-order valence-corrected chi connectivity index (χ4v) is 3.76. The molecule has 1 amide bonds. The average Bonchev–Trinajstić information content (AvgIpc) is 3.27. The summed E-state index contributed by atoms with van der Waals surface area (Å²) in [6, 6.07) is 8.02. The van der Waals surface area contributed by atoms with E-state index in [1.54, 1.807) is 23.4 Å². The highest BCUT2D eigenvalue weighted by Gasteiger charge is 2.25. The number of rotatable bonds is 6. The summed E-state index contributed by atoms with van der Waals surface area (Å²) >= 11 is 0. The number of aryl methyl sites for hydroxylation is 1. The maximum Gasteiger partial charge on any atom is 0.259 e. The van der Waals surface area contributed by atoms with Crippen molar-refractivity contribution in [3.05, 3.63) is 59.9 Å². The minimum absolute atomic E-state index is 0.133. The highest BCUT2D eigenvalue weighted by molar-refractivity contribution is 5.94. The van der Waals surface area contributed by atoms with E-state index in [9.17, 15) is 9.18 Å². The fourth-order valence-electron chi connectivity index (χ4n) is 3.76. The van der Waals surface area contributed by atoms with Crippen LogP contribution >= 0.6 is 0 Å². The van der Waals surface area contributed by atoms with Crippen molar-refractivity contribution in [1.29, 1.82) is 0 Å². The first-order valence-corrected chi connectivity index (χ1v) is 10.00. The van der Waals surface area contributed by atoms with Crippen LogP contribution in [0.5, 0.6) is 5.75 Å². The van der Waals surface area contributed by atoms with E-state index in [0.29, 0.717) is 42.7 Å². The van der Waals surface area contributed by atoms with E-state index in [1.165, 1.54) is 19.2 Å². The monoisotopic (exact) mass is 410 g/mol. The Hall–Kier alpha value is -3.29. The smallest absolute Gasteiger partial charge is 0.259 e. The molecule has 1 aromatic carbocycles. The lowest BCUT2D eigenvalue weighted by Crippen LogP contribution is -2.40. The molecule has 0 aliphatic carbocycles. The molecule has 4 rings (SSSR count). The van der Waals surface area contributed by atoms with E-state index < -0.39 is 5.82 Å². The summed E-state index contributed by atoms with van der Waals surface area (Å²) in [6.45, 7) is 1.32. The van der Waals surface area contributed by atoms with Gasteiger partial charge >= 0.3 is 0 Å². The van der Waals surface area contributed by atoms with Gasteiger partial charge in [0.2, 0.25) is 0 Å². The number of methoxy groups -OCH3 is 1. The highest BCUT2D eigenvalue weighted by Crippen LogP contribution is 2.25. The van der Waals surface area contributed by atoms with Gasteiger partial charge in [-0.2, -0.15) is 4.98 Å². The molecule has 8 heteroatoms. The Balaban J connectivity index is 1.35. The number of benzene rings is 1. The third kappa shape index (κ3) is 4.48. The zero-order valence-corrected chi connectivity index (χ0v) is 16.8. The number of ether oxygens (including phenoxy) is 1. The molecule has 1 fully saturated rings. The van der Waals surface area contributed by atoms with Gasteiger partial charge in [0.1, 0.15) is 0 Å². The lowest BCUT2D eigenvalue weighted by Gasteiger charge is -2.32. The number of aromatic nitrogens is 3. The summed E-state index contributed by atoms with van der Waals surface area (Å²) in [6.07, 6.45) is 6.86. The minimum atomic E-state index is -0.529. The van der Waals surface area contributed by atoms with Gasteiger partial charge in [0.05, 0.1) is 12.7 Å².